The summed E-state index contributed by atoms with van der Waals surface area (Å²) >= 11 is 0. The van der Waals surface area contributed by atoms with Crippen molar-refractivity contribution in [3.8, 4) is 23.0 Å². The van der Waals surface area contributed by atoms with Gasteiger partial charge in [0.15, 0.2) is 5.95 Å². The fourth-order valence-electron chi connectivity index (χ4n) is 5.10. The summed E-state index contributed by atoms with van der Waals surface area (Å²) in [5.41, 5.74) is 23.8. The van der Waals surface area contributed by atoms with Crippen molar-refractivity contribution in [2.24, 2.45) is 17.2 Å². The summed E-state index contributed by atoms with van der Waals surface area (Å²) in [6.07, 6.45) is 1.39. The molecule has 3 aromatic carbocycles. The molecule has 1 aromatic heterocycles. The number of aliphatic carboxylic acids is 1. The summed E-state index contributed by atoms with van der Waals surface area (Å²) in [6.45, 7) is 0. The number of H-pyrrole nitrogens is 1. The van der Waals surface area contributed by atoms with Gasteiger partial charge < -0.3 is 42.5 Å². The van der Waals surface area contributed by atoms with Gasteiger partial charge in [0.1, 0.15) is 34.2 Å². The summed E-state index contributed by atoms with van der Waals surface area (Å²) in [6, 6.07) is 14.1. The largest absolute Gasteiger partial charge is 0.481 e. The first kappa shape index (κ1) is 26.5. The molecule has 0 radical (unpaired) electrons. The van der Waals surface area contributed by atoms with Crippen LogP contribution in [0.3, 0.4) is 0 Å². The number of hydrogen-bond donors (Lipinski definition) is 7. The number of nitrogens with zero attached hydrogens (tertiary/aromatic N) is 1. The molecule has 1 amide bonds. The average molecular weight is 544 g/mol. The van der Waals surface area contributed by atoms with Crippen LogP contribution in [0.1, 0.15) is 47.2 Å². The summed E-state index contributed by atoms with van der Waals surface area (Å²) in [7, 11) is 0. The average Bonchev–Trinajstić information content (AvgIpc) is 3.29. The van der Waals surface area contributed by atoms with E-state index in [1.54, 1.807) is 42.5 Å². The number of amides is 1. The Labute approximate surface area is 228 Å². The molecule has 11 N–H and O–H groups in total. The summed E-state index contributed by atoms with van der Waals surface area (Å²) in [4.78, 5) is 32.5. The monoisotopic (exact) mass is 543 g/mol. The maximum atomic E-state index is 13.0. The zero-order valence-electron chi connectivity index (χ0n) is 21.4. The number of fused-ring (bicyclic) bond motifs is 1. The highest BCUT2D eigenvalue weighted by molar-refractivity contribution is 5.96. The number of carboxylic acids is 1. The molecule has 12 nitrogen and oxygen atoms in total. The van der Waals surface area contributed by atoms with E-state index in [0.717, 1.165) is 0 Å². The van der Waals surface area contributed by atoms with Crippen LogP contribution >= 0.6 is 0 Å². The molecule has 0 spiro atoms. The molecule has 0 aliphatic heterocycles. The normalized spacial score (nSPS) is 18.8. The summed E-state index contributed by atoms with van der Waals surface area (Å²) in [5.74, 6) is -0.797. The van der Waals surface area contributed by atoms with Gasteiger partial charge in [-0.05, 0) is 74.2 Å². The van der Waals surface area contributed by atoms with Crippen LogP contribution in [0.5, 0.6) is 23.0 Å². The maximum Gasteiger partial charge on any atom is 0.314 e. The number of nitrogens with two attached hydrogens (primary N) is 4. The number of carbonyl (C=O) groups excluding carboxylic acids is 1. The van der Waals surface area contributed by atoms with Crippen LogP contribution in [0.4, 0.5) is 5.95 Å². The van der Waals surface area contributed by atoms with Crippen LogP contribution in [-0.4, -0.2) is 38.8 Å². The Morgan fingerprint density at radius 2 is 1.55 bits per heavy atom. The standard InChI is InChI=1S/C28H29N7O5/c29-16-7-9-28(10-8-16,26(37)38)23-21(39-17-3-1-14(2-4-17)24(30)31)11-15(25(32)36)12-22(23)40-18-5-6-19-20(13-18)35-27(33)34-19/h1-6,11-13,16H,7-10,29H2,(H3,30,31)(H2,32,36)(H,37,38)(H3,33,34,35). The second-order valence-corrected chi connectivity index (χ2v) is 9.88. The van der Waals surface area contributed by atoms with Crippen molar-refractivity contribution in [1.82, 2.24) is 9.97 Å². The highest BCUT2D eigenvalue weighted by Crippen LogP contribution is 2.50. The SMILES string of the molecule is N=C(N)c1ccc(Oc2cc(C(N)=O)cc(Oc3ccc4nc(N)[nH]c4c3)c2C2(C(=O)O)CCC(N)CC2)cc1. The van der Waals surface area contributed by atoms with E-state index in [4.69, 9.17) is 37.8 Å². The molecule has 1 saturated carbocycles. The number of aromatic amines is 1. The quantitative estimate of drug-likeness (QED) is 0.127. The highest BCUT2D eigenvalue weighted by Gasteiger charge is 2.47. The van der Waals surface area contributed by atoms with Gasteiger partial charge in [-0.25, -0.2) is 4.98 Å². The number of nitrogens with one attached hydrogen (secondary N) is 2. The van der Waals surface area contributed by atoms with E-state index in [-0.39, 0.29) is 53.3 Å². The van der Waals surface area contributed by atoms with E-state index < -0.39 is 17.3 Å². The van der Waals surface area contributed by atoms with Crippen LogP contribution < -0.4 is 32.4 Å². The Morgan fingerprint density at radius 3 is 2.12 bits per heavy atom. The molecular formula is C28H29N7O5. The second-order valence-electron chi connectivity index (χ2n) is 9.88. The fourth-order valence-corrected chi connectivity index (χ4v) is 5.10. The number of anilines is 1. The Morgan fingerprint density at radius 1 is 0.950 bits per heavy atom. The van der Waals surface area contributed by atoms with Crippen molar-refractivity contribution in [2.75, 3.05) is 5.73 Å². The van der Waals surface area contributed by atoms with Gasteiger partial charge in [-0.2, -0.15) is 0 Å². The fraction of sp³-hybridized carbons (Fsp3) is 0.214. The number of nitrogen functional groups attached to an aromatic ring is 2. The van der Waals surface area contributed by atoms with Gasteiger partial charge in [0.05, 0.1) is 16.6 Å². The molecule has 1 aliphatic rings. The molecule has 0 saturated heterocycles. The number of carbonyl (C=O) groups is 2. The number of primary amides is 1. The van der Waals surface area contributed by atoms with Gasteiger partial charge >= 0.3 is 5.97 Å². The Bertz CT molecular complexity index is 1620. The van der Waals surface area contributed by atoms with Crippen LogP contribution in [0.15, 0.2) is 54.6 Å². The number of ether oxygens (including phenoxy) is 2. The van der Waals surface area contributed by atoms with Crippen LogP contribution in [0, 0.1) is 5.41 Å². The first-order valence-corrected chi connectivity index (χ1v) is 12.6. The number of amidine groups is 1. The van der Waals surface area contributed by atoms with E-state index in [2.05, 4.69) is 9.97 Å². The van der Waals surface area contributed by atoms with Crippen LogP contribution in [0.2, 0.25) is 0 Å². The van der Waals surface area contributed by atoms with E-state index in [1.807, 2.05) is 0 Å². The van der Waals surface area contributed by atoms with Gasteiger partial charge in [0.25, 0.3) is 0 Å². The Balaban J connectivity index is 1.70. The van der Waals surface area contributed by atoms with Gasteiger partial charge in [-0.1, -0.05) is 0 Å². The summed E-state index contributed by atoms with van der Waals surface area (Å²) < 4.78 is 12.5. The number of rotatable bonds is 8. The minimum absolute atomic E-state index is 0.0639. The van der Waals surface area contributed by atoms with E-state index in [1.165, 1.54) is 12.1 Å². The predicted molar refractivity (Wildman–Crippen MR) is 149 cm³/mol. The third-order valence-corrected chi connectivity index (χ3v) is 7.21. The van der Waals surface area contributed by atoms with Crippen molar-refractivity contribution in [2.45, 2.75) is 37.1 Å². The lowest BCUT2D eigenvalue weighted by atomic mass is 9.67. The molecule has 40 heavy (non-hydrogen) atoms. The molecule has 1 heterocycles. The molecular weight excluding hydrogens is 514 g/mol. The van der Waals surface area contributed by atoms with Crippen molar-refractivity contribution in [3.63, 3.8) is 0 Å². The number of hydrogen-bond acceptors (Lipinski definition) is 8. The molecule has 206 valence electrons. The van der Waals surface area contributed by atoms with E-state index >= 15 is 0 Å². The van der Waals surface area contributed by atoms with Gasteiger partial charge in [-0.15, -0.1) is 0 Å². The summed E-state index contributed by atoms with van der Waals surface area (Å²) in [5, 5.41) is 18.2. The second kappa shape index (κ2) is 10.2. The molecule has 0 atom stereocenters. The van der Waals surface area contributed by atoms with E-state index in [0.29, 0.717) is 40.9 Å². The van der Waals surface area contributed by atoms with Crippen molar-refractivity contribution in [1.29, 1.82) is 5.41 Å². The van der Waals surface area contributed by atoms with E-state index in [9.17, 15) is 14.7 Å². The van der Waals surface area contributed by atoms with Crippen LogP contribution in [-0.2, 0) is 10.2 Å². The lowest BCUT2D eigenvalue weighted by molar-refractivity contribution is -0.145. The number of benzene rings is 3. The zero-order valence-corrected chi connectivity index (χ0v) is 21.4. The Kier molecular flexibility index (Phi) is 6.78. The molecule has 12 heteroatoms. The molecule has 0 unspecified atom stereocenters. The van der Waals surface area contributed by atoms with Crippen molar-refractivity contribution < 1.29 is 24.2 Å². The first-order valence-electron chi connectivity index (χ1n) is 12.6. The lowest BCUT2D eigenvalue weighted by Gasteiger charge is -2.38. The molecule has 1 aliphatic carbocycles. The number of carboxylic acid groups (broad SMARTS) is 1. The minimum atomic E-state index is -1.42. The topological polar surface area (TPSA) is 229 Å². The number of imidazole rings is 1. The lowest BCUT2D eigenvalue weighted by Crippen LogP contribution is -2.43. The highest BCUT2D eigenvalue weighted by atomic mass is 16.5. The predicted octanol–water partition coefficient (Wildman–Crippen LogP) is 3.34. The number of aromatic nitrogens is 2. The smallest absolute Gasteiger partial charge is 0.314 e. The van der Waals surface area contributed by atoms with Crippen molar-refractivity contribution in [3.05, 3.63) is 71.3 Å². The van der Waals surface area contributed by atoms with Gasteiger partial charge in [0.2, 0.25) is 5.91 Å². The molecule has 5 rings (SSSR count). The van der Waals surface area contributed by atoms with Gasteiger partial charge in [0, 0.05) is 23.2 Å². The zero-order chi connectivity index (χ0) is 28.6. The maximum absolute atomic E-state index is 13.0. The Hall–Kier alpha value is -5.10. The molecule has 0 bridgehead atoms. The molecule has 4 aromatic rings. The van der Waals surface area contributed by atoms with Crippen molar-refractivity contribution >= 4 is 34.7 Å². The van der Waals surface area contributed by atoms with Crippen LogP contribution in [0.25, 0.3) is 11.0 Å². The van der Waals surface area contributed by atoms with Gasteiger partial charge in [-0.3, -0.25) is 15.0 Å². The molecule has 1 fully saturated rings. The third-order valence-electron chi connectivity index (χ3n) is 7.21. The minimum Gasteiger partial charge on any atom is -0.481 e. The first-order chi connectivity index (χ1) is 19.1. The third kappa shape index (κ3) is 4.99.